The average Bonchev–Trinajstić information content (AvgIpc) is 3.18. The van der Waals surface area contributed by atoms with Crippen LogP contribution < -0.4 is 105 Å². The maximum absolute atomic E-state index is 11.6. The van der Waals surface area contributed by atoms with Crippen molar-refractivity contribution in [3.8, 4) is 5.88 Å². The van der Waals surface area contributed by atoms with Crippen LogP contribution >= 0.6 is 23.5 Å². The second-order valence-electron chi connectivity index (χ2n) is 6.26. The Labute approximate surface area is 256 Å². The molecule has 0 amide bonds. The fourth-order valence-corrected chi connectivity index (χ4v) is 5.65. The van der Waals surface area contributed by atoms with Gasteiger partial charge in [0.25, 0.3) is 15.6 Å². The van der Waals surface area contributed by atoms with E-state index in [0.29, 0.717) is 0 Å². The van der Waals surface area contributed by atoms with Crippen LogP contribution in [0.1, 0.15) is 6.23 Å². The number of aliphatic hydroxyl groups is 2. The van der Waals surface area contributed by atoms with Crippen LogP contribution in [-0.4, -0.2) is 61.8 Å². The number of nitrogens with two attached hydrogens (primary N) is 1. The van der Waals surface area contributed by atoms with Crippen LogP contribution in [0.25, 0.3) is 11.2 Å². The van der Waals surface area contributed by atoms with E-state index in [1.165, 1.54) is 7.11 Å². The van der Waals surface area contributed by atoms with E-state index in [-0.39, 0.29) is 98.4 Å². The third-order valence-electron chi connectivity index (χ3n) is 4.01. The molecule has 3 heterocycles. The van der Waals surface area contributed by atoms with Gasteiger partial charge in [0.1, 0.15) is 18.3 Å². The molecule has 2 aromatic heterocycles. The summed E-state index contributed by atoms with van der Waals surface area (Å²) in [5.74, 6) is -0.220. The summed E-state index contributed by atoms with van der Waals surface area (Å²) in [4.78, 5) is 55.3. The van der Waals surface area contributed by atoms with E-state index in [9.17, 15) is 43.5 Å². The molecule has 1 fully saturated rings. The van der Waals surface area contributed by atoms with Crippen LogP contribution in [0.2, 0.25) is 0 Å². The molecule has 0 aliphatic carbocycles. The van der Waals surface area contributed by atoms with Crippen molar-refractivity contribution in [3.05, 3.63) is 6.33 Å². The van der Waals surface area contributed by atoms with Crippen LogP contribution in [-0.2, 0) is 31.6 Å². The SMILES string of the molecule is COc1nc(N)nc2c1ncn2C1OC(COP(=O)([O-])OP(=O)([O-])OP(=O)([O-])[O-])C(O)C1O.[Li+].[Li+].[Li+].[Li+]. The zero-order chi connectivity index (χ0) is 24.8. The number of anilines is 1. The minimum atomic E-state index is -6.16. The number of hydrogen-bond donors (Lipinski definition) is 3. The topological polar surface area (TPSA) is 300 Å². The van der Waals surface area contributed by atoms with Gasteiger partial charge in [0.2, 0.25) is 11.8 Å². The minimum absolute atomic E-state index is 0. The number of phosphoric ester groups is 1. The van der Waals surface area contributed by atoms with Crippen LogP contribution in [0.3, 0.4) is 0 Å². The first-order valence-electron chi connectivity index (χ1n) is 8.39. The van der Waals surface area contributed by atoms with Gasteiger partial charge in [-0.1, -0.05) is 0 Å². The number of nitrogens with zero attached hydrogens (tertiary/aromatic N) is 4. The van der Waals surface area contributed by atoms with Crippen LogP contribution in [0, 0.1) is 0 Å². The molecule has 1 aliphatic rings. The van der Waals surface area contributed by atoms with Crippen LogP contribution in [0.4, 0.5) is 5.95 Å². The fraction of sp³-hybridized carbons (Fsp3) is 0.545. The summed E-state index contributed by atoms with van der Waals surface area (Å²) >= 11 is 0. The predicted octanol–water partition coefficient (Wildman–Crippen LogP) is -16.1. The number of aliphatic hydroxyl groups excluding tert-OH is 2. The van der Waals surface area contributed by atoms with E-state index in [0.717, 1.165) is 10.9 Å². The summed E-state index contributed by atoms with van der Waals surface area (Å²) in [7, 11) is -16.8. The van der Waals surface area contributed by atoms with Gasteiger partial charge in [-0.2, -0.15) is 9.97 Å². The maximum Gasteiger partial charge on any atom is 1.00 e. The Bertz CT molecular complexity index is 1190. The molecule has 0 radical (unpaired) electrons. The maximum atomic E-state index is 11.6. The Balaban J connectivity index is 0. The van der Waals surface area contributed by atoms with Crippen molar-refractivity contribution >= 4 is 40.6 Å². The molecular formula is C11H14Li4N5O14P3. The smallest absolute Gasteiger partial charge is 0.790 e. The van der Waals surface area contributed by atoms with Crippen molar-refractivity contribution in [2.45, 2.75) is 24.5 Å². The summed E-state index contributed by atoms with van der Waals surface area (Å²) < 4.78 is 55.4. The number of rotatable bonds is 9. The van der Waals surface area contributed by atoms with Gasteiger partial charge in [-0.05, 0) is 0 Å². The van der Waals surface area contributed by atoms with E-state index in [1.54, 1.807) is 0 Å². The quantitative estimate of drug-likeness (QED) is 0.189. The molecule has 26 heteroatoms. The molecule has 1 aliphatic heterocycles. The van der Waals surface area contributed by atoms with Gasteiger partial charge >= 0.3 is 75.4 Å². The molecule has 186 valence electrons. The molecule has 0 aromatic carbocycles. The number of ether oxygens (including phenoxy) is 2. The third kappa shape index (κ3) is 10.3. The van der Waals surface area contributed by atoms with Gasteiger partial charge in [-0.3, -0.25) is 18.0 Å². The monoisotopic (exact) mass is 561 g/mol. The normalized spacial score (nSPS) is 24.4. The molecule has 0 saturated carbocycles. The molecule has 6 unspecified atom stereocenters. The molecule has 19 nitrogen and oxygen atoms in total. The molecule has 0 bridgehead atoms. The van der Waals surface area contributed by atoms with E-state index in [2.05, 4.69) is 28.1 Å². The van der Waals surface area contributed by atoms with Gasteiger partial charge in [-0.15, -0.1) is 0 Å². The Hall–Kier alpha value is 0.830. The number of fused-ring (bicyclic) bond motifs is 1. The number of imidazole rings is 1. The van der Waals surface area contributed by atoms with Crippen LogP contribution in [0.5, 0.6) is 5.88 Å². The standard InChI is InChI=1S/C11H18N5O14P3.4Li/c1-26-9-5-8(14-11(12)15-9)16(3-13-5)10-7(18)6(17)4(28-10)2-27-32(22,23)30-33(24,25)29-31(19,20)21;;;;/h3-4,6-7,10,17-18H,2H2,1H3,(H,22,23)(H,24,25)(H2,12,14,15)(H2,19,20,21);;;;/q;4*+1/p-4. The number of methoxy groups -OCH3 is 1. The first-order chi connectivity index (χ1) is 15.1. The molecule has 3 rings (SSSR count). The van der Waals surface area contributed by atoms with Crippen molar-refractivity contribution < 1.29 is 142 Å². The number of nitrogen functional groups attached to an aromatic ring is 1. The number of hydrogen-bond acceptors (Lipinski definition) is 18. The summed E-state index contributed by atoms with van der Waals surface area (Å²) in [5, 5.41) is 20.5. The van der Waals surface area contributed by atoms with Crippen molar-refractivity contribution in [1.82, 2.24) is 19.5 Å². The molecule has 2 aromatic rings. The van der Waals surface area contributed by atoms with Crippen molar-refractivity contribution in [1.29, 1.82) is 0 Å². The molecule has 6 atom stereocenters. The second kappa shape index (κ2) is 15.2. The summed E-state index contributed by atoms with van der Waals surface area (Å²) in [6.07, 6.45) is -5.29. The molecule has 4 N–H and O–H groups in total. The largest absolute Gasteiger partial charge is 1.00 e. The number of phosphoric acid groups is 3. The predicted molar refractivity (Wildman–Crippen MR) is 93.2 cm³/mol. The van der Waals surface area contributed by atoms with Crippen LogP contribution in [0.15, 0.2) is 6.33 Å². The van der Waals surface area contributed by atoms with Crippen molar-refractivity contribution in [2.24, 2.45) is 0 Å². The first kappa shape index (κ1) is 40.0. The van der Waals surface area contributed by atoms with E-state index >= 15 is 0 Å². The Morgan fingerprint density at radius 3 is 2.16 bits per heavy atom. The van der Waals surface area contributed by atoms with E-state index < -0.39 is 54.6 Å². The van der Waals surface area contributed by atoms with Gasteiger partial charge in [0, 0.05) is 0 Å². The Morgan fingerprint density at radius 1 is 1.03 bits per heavy atom. The molecule has 1 saturated heterocycles. The summed E-state index contributed by atoms with van der Waals surface area (Å²) in [5.41, 5.74) is 5.74. The summed E-state index contributed by atoms with van der Waals surface area (Å²) in [6, 6.07) is 0. The fourth-order valence-electron chi connectivity index (χ4n) is 2.78. The van der Waals surface area contributed by atoms with Gasteiger partial charge in [-0.25, -0.2) is 9.29 Å². The minimum Gasteiger partial charge on any atom is -0.790 e. The third-order valence-corrected chi connectivity index (χ3v) is 7.67. The van der Waals surface area contributed by atoms with Crippen molar-refractivity contribution in [2.75, 3.05) is 19.5 Å². The average molecular weight is 561 g/mol. The molecule has 0 spiro atoms. The van der Waals surface area contributed by atoms with Gasteiger partial charge < -0.3 is 54.1 Å². The first-order valence-corrected chi connectivity index (χ1v) is 12.8. The van der Waals surface area contributed by atoms with E-state index in [1.807, 2.05) is 0 Å². The number of aromatic nitrogens is 4. The van der Waals surface area contributed by atoms with E-state index in [4.69, 9.17) is 15.2 Å². The molecule has 37 heavy (non-hydrogen) atoms. The summed E-state index contributed by atoms with van der Waals surface area (Å²) in [6.45, 7) is -1.10. The Kier molecular flexibility index (Phi) is 16.4. The zero-order valence-electron chi connectivity index (χ0n) is 20.1. The van der Waals surface area contributed by atoms with Gasteiger partial charge in [0.15, 0.2) is 17.4 Å². The second-order valence-corrected chi connectivity index (χ2v) is 10.5. The zero-order valence-corrected chi connectivity index (χ0v) is 22.8. The Morgan fingerprint density at radius 2 is 1.62 bits per heavy atom. The van der Waals surface area contributed by atoms with Crippen molar-refractivity contribution in [3.63, 3.8) is 0 Å². The van der Waals surface area contributed by atoms with Gasteiger partial charge in [0.05, 0.1) is 27.9 Å². The molecular weight excluding hydrogens is 547 g/mol.